The molecule has 3 nitrogen and oxygen atoms in total. The summed E-state index contributed by atoms with van der Waals surface area (Å²) in [6.07, 6.45) is -0.365. The first kappa shape index (κ1) is 10.5. The number of hydrogen-bond acceptors (Lipinski definition) is 2. The molecule has 0 aliphatic heterocycles. The fourth-order valence-electron chi connectivity index (χ4n) is 1.60. The summed E-state index contributed by atoms with van der Waals surface area (Å²) >= 11 is 5.90. The molecule has 0 radical (unpaired) electrons. The summed E-state index contributed by atoms with van der Waals surface area (Å²) in [6.45, 7) is 0. The predicted octanol–water partition coefficient (Wildman–Crippen LogP) is 3.11. The molecule has 1 aromatic heterocycles. The van der Waals surface area contributed by atoms with Gasteiger partial charge in [0.1, 0.15) is 0 Å². The van der Waals surface area contributed by atoms with E-state index in [4.69, 9.17) is 21.1 Å². The zero-order chi connectivity index (χ0) is 10.8. The second-order valence-corrected chi connectivity index (χ2v) is 3.70. The van der Waals surface area contributed by atoms with Crippen molar-refractivity contribution in [1.29, 1.82) is 0 Å². The Hall–Kier alpha value is -1.03. The molecule has 4 heteroatoms. The molecule has 1 aromatic carbocycles. The second kappa shape index (κ2) is 4.23. The maximum absolute atomic E-state index is 5.90. The van der Waals surface area contributed by atoms with Gasteiger partial charge in [0.15, 0.2) is 6.29 Å². The number of rotatable bonds is 3. The lowest BCUT2D eigenvalue weighted by molar-refractivity contribution is -0.108. The first-order valence-electron chi connectivity index (χ1n) is 4.58. The minimum Gasteiger partial charge on any atom is -0.354 e. The van der Waals surface area contributed by atoms with Crippen LogP contribution in [0.3, 0.4) is 0 Å². The third-order valence-corrected chi connectivity index (χ3v) is 2.52. The Labute approximate surface area is 92.9 Å². The summed E-state index contributed by atoms with van der Waals surface area (Å²) < 4.78 is 10.3. The lowest BCUT2D eigenvalue weighted by Crippen LogP contribution is -2.03. The number of fused-ring (bicyclic) bond motifs is 1. The average molecular weight is 226 g/mol. The van der Waals surface area contributed by atoms with Crippen LogP contribution in [0.1, 0.15) is 12.0 Å². The number of H-pyrrole nitrogens is 1. The minimum absolute atomic E-state index is 0.365. The third kappa shape index (κ3) is 2.00. The maximum atomic E-state index is 5.90. The van der Waals surface area contributed by atoms with Crippen molar-refractivity contribution >= 4 is 22.5 Å². The SMILES string of the molecule is COC(OC)c1cc2cc(Cl)ccc2[nH]1. The van der Waals surface area contributed by atoms with Gasteiger partial charge in [0.05, 0.1) is 5.69 Å². The number of methoxy groups -OCH3 is 2. The molecule has 2 rings (SSSR count). The minimum atomic E-state index is -0.365. The fourth-order valence-corrected chi connectivity index (χ4v) is 1.78. The van der Waals surface area contributed by atoms with Gasteiger partial charge in [-0.05, 0) is 24.3 Å². The Kier molecular flexibility index (Phi) is 2.95. The topological polar surface area (TPSA) is 34.2 Å². The first-order valence-corrected chi connectivity index (χ1v) is 4.96. The van der Waals surface area contributed by atoms with Gasteiger partial charge in [-0.2, -0.15) is 0 Å². The smallest absolute Gasteiger partial charge is 0.198 e. The number of nitrogens with one attached hydrogen (secondary N) is 1. The Bertz CT molecular complexity index is 463. The van der Waals surface area contributed by atoms with Gasteiger partial charge in [-0.15, -0.1) is 0 Å². The van der Waals surface area contributed by atoms with Gasteiger partial charge in [0.25, 0.3) is 0 Å². The highest BCUT2D eigenvalue weighted by atomic mass is 35.5. The van der Waals surface area contributed by atoms with E-state index in [1.807, 2.05) is 24.3 Å². The molecule has 0 saturated carbocycles. The summed E-state index contributed by atoms with van der Waals surface area (Å²) in [5.41, 5.74) is 1.91. The van der Waals surface area contributed by atoms with Crippen LogP contribution in [0, 0.1) is 0 Å². The lowest BCUT2D eigenvalue weighted by Gasteiger charge is -2.10. The monoisotopic (exact) mass is 225 g/mol. The zero-order valence-corrected chi connectivity index (χ0v) is 9.34. The van der Waals surface area contributed by atoms with Crippen molar-refractivity contribution in [2.24, 2.45) is 0 Å². The number of hydrogen-bond donors (Lipinski definition) is 1. The molecule has 0 aliphatic carbocycles. The molecule has 1 heterocycles. The molecule has 80 valence electrons. The van der Waals surface area contributed by atoms with Crippen LogP contribution >= 0.6 is 11.6 Å². The molecule has 0 unspecified atom stereocenters. The van der Waals surface area contributed by atoms with Crippen molar-refractivity contribution in [2.75, 3.05) is 14.2 Å². The van der Waals surface area contributed by atoms with Crippen molar-refractivity contribution in [3.63, 3.8) is 0 Å². The highest BCUT2D eigenvalue weighted by Crippen LogP contribution is 2.24. The second-order valence-electron chi connectivity index (χ2n) is 3.26. The van der Waals surface area contributed by atoms with E-state index >= 15 is 0 Å². The van der Waals surface area contributed by atoms with Crippen LogP contribution in [0.2, 0.25) is 5.02 Å². The van der Waals surface area contributed by atoms with E-state index in [0.717, 1.165) is 21.6 Å². The van der Waals surface area contributed by atoms with E-state index in [1.54, 1.807) is 14.2 Å². The summed E-state index contributed by atoms with van der Waals surface area (Å²) in [5, 5.41) is 1.77. The molecule has 15 heavy (non-hydrogen) atoms. The predicted molar refractivity (Wildman–Crippen MR) is 60.1 cm³/mol. The fraction of sp³-hybridized carbons (Fsp3) is 0.273. The molecular weight excluding hydrogens is 214 g/mol. The number of halogens is 1. The lowest BCUT2D eigenvalue weighted by atomic mass is 10.2. The largest absolute Gasteiger partial charge is 0.354 e. The van der Waals surface area contributed by atoms with E-state index in [2.05, 4.69) is 4.98 Å². The van der Waals surface area contributed by atoms with Crippen LogP contribution in [0.4, 0.5) is 0 Å². The standard InChI is InChI=1S/C11H12ClNO2/c1-14-11(15-2)10-6-7-5-8(12)3-4-9(7)13-10/h3-6,11,13H,1-2H3. The number of benzene rings is 1. The van der Waals surface area contributed by atoms with Gasteiger partial charge in [-0.3, -0.25) is 0 Å². The Morgan fingerprint density at radius 3 is 2.60 bits per heavy atom. The van der Waals surface area contributed by atoms with Crippen LogP contribution in [-0.2, 0) is 9.47 Å². The number of aromatic amines is 1. The van der Waals surface area contributed by atoms with Crippen molar-refractivity contribution < 1.29 is 9.47 Å². The van der Waals surface area contributed by atoms with Gasteiger partial charge in [-0.25, -0.2) is 0 Å². The van der Waals surface area contributed by atoms with E-state index in [-0.39, 0.29) is 6.29 Å². The van der Waals surface area contributed by atoms with E-state index in [9.17, 15) is 0 Å². The normalized spacial score (nSPS) is 11.5. The van der Waals surface area contributed by atoms with Gasteiger partial charge < -0.3 is 14.5 Å². The van der Waals surface area contributed by atoms with Crippen molar-refractivity contribution in [3.05, 3.63) is 35.0 Å². The molecule has 0 fully saturated rings. The number of ether oxygens (including phenoxy) is 2. The first-order chi connectivity index (χ1) is 7.24. The molecule has 0 atom stereocenters. The maximum Gasteiger partial charge on any atom is 0.198 e. The van der Waals surface area contributed by atoms with E-state index < -0.39 is 0 Å². The highest BCUT2D eigenvalue weighted by Gasteiger charge is 2.11. The zero-order valence-electron chi connectivity index (χ0n) is 8.58. The summed E-state index contributed by atoms with van der Waals surface area (Å²) in [6, 6.07) is 7.65. The van der Waals surface area contributed by atoms with Crippen LogP contribution in [0.15, 0.2) is 24.3 Å². The highest BCUT2D eigenvalue weighted by molar-refractivity contribution is 6.31. The molecule has 2 aromatic rings. The molecule has 0 amide bonds. The Balaban J connectivity index is 2.46. The van der Waals surface area contributed by atoms with Crippen LogP contribution in [0.25, 0.3) is 10.9 Å². The van der Waals surface area contributed by atoms with Gasteiger partial charge in [0, 0.05) is 30.1 Å². The molecule has 0 saturated heterocycles. The average Bonchev–Trinajstić information content (AvgIpc) is 2.62. The third-order valence-electron chi connectivity index (χ3n) is 2.29. The van der Waals surface area contributed by atoms with Crippen LogP contribution in [0.5, 0.6) is 0 Å². The quantitative estimate of drug-likeness (QED) is 0.815. The molecular formula is C11H12ClNO2. The summed E-state index contributed by atoms with van der Waals surface area (Å²) in [4.78, 5) is 3.22. The molecule has 0 spiro atoms. The Morgan fingerprint density at radius 2 is 1.93 bits per heavy atom. The van der Waals surface area contributed by atoms with Crippen molar-refractivity contribution in [3.8, 4) is 0 Å². The Morgan fingerprint density at radius 1 is 1.20 bits per heavy atom. The summed E-state index contributed by atoms with van der Waals surface area (Å²) in [5.74, 6) is 0. The van der Waals surface area contributed by atoms with Gasteiger partial charge >= 0.3 is 0 Å². The number of aromatic nitrogens is 1. The van der Waals surface area contributed by atoms with Gasteiger partial charge in [-0.1, -0.05) is 11.6 Å². The van der Waals surface area contributed by atoms with Crippen molar-refractivity contribution in [1.82, 2.24) is 4.98 Å². The van der Waals surface area contributed by atoms with Crippen molar-refractivity contribution in [2.45, 2.75) is 6.29 Å². The molecule has 0 aliphatic rings. The molecule has 1 N–H and O–H groups in total. The van der Waals surface area contributed by atoms with Crippen LogP contribution < -0.4 is 0 Å². The summed E-state index contributed by atoms with van der Waals surface area (Å²) in [7, 11) is 3.21. The van der Waals surface area contributed by atoms with E-state index in [1.165, 1.54) is 0 Å². The van der Waals surface area contributed by atoms with E-state index in [0.29, 0.717) is 0 Å². The van der Waals surface area contributed by atoms with Gasteiger partial charge in [0.2, 0.25) is 0 Å². The molecule has 0 bridgehead atoms. The van der Waals surface area contributed by atoms with Crippen LogP contribution in [-0.4, -0.2) is 19.2 Å².